The lowest BCUT2D eigenvalue weighted by Gasteiger charge is -1.98. The van der Waals surface area contributed by atoms with Gasteiger partial charge in [-0.2, -0.15) is 4.37 Å². The number of hydrogen-bond acceptors (Lipinski definition) is 4. The summed E-state index contributed by atoms with van der Waals surface area (Å²) in [4.78, 5) is 22.0. The topological polar surface area (TPSA) is 79.3 Å². The molecular weight excluding hydrogens is 192 g/mol. The fraction of sp³-hybridized carbons (Fsp3) is 0.286. The normalized spacial score (nSPS) is 9.62. The van der Waals surface area contributed by atoms with E-state index in [9.17, 15) is 9.59 Å². The van der Waals surface area contributed by atoms with E-state index in [1.807, 2.05) is 0 Å². The number of carbonyl (C=O) groups is 2. The summed E-state index contributed by atoms with van der Waals surface area (Å²) in [6.07, 6.45) is 1.18. The number of amides is 1. The minimum absolute atomic E-state index is 0.0454. The number of carbonyl (C=O) groups excluding carboxylic acids is 1. The van der Waals surface area contributed by atoms with E-state index in [1.54, 1.807) is 6.92 Å². The molecular formula is C7H8N2O3S. The lowest BCUT2D eigenvalue weighted by molar-refractivity contribution is 0.0692. The molecule has 2 N–H and O–H groups in total. The van der Waals surface area contributed by atoms with Gasteiger partial charge in [-0.15, -0.1) is 0 Å². The third-order valence-corrected chi connectivity index (χ3v) is 2.14. The van der Waals surface area contributed by atoms with Crippen molar-refractivity contribution in [2.24, 2.45) is 0 Å². The lowest BCUT2D eigenvalue weighted by atomic mass is 10.3. The van der Waals surface area contributed by atoms with Crippen molar-refractivity contribution in [3.05, 3.63) is 16.6 Å². The molecule has 0 aliphatic heterocycles. The van der Waals surface area contributed by atoms with E-state index in [0.717, 1.165) is 11.5 Å². The molecule has 0 saturated heterocycles. The van der Waals surface area contributed by atoms with Crippen molar-refractivity contribution in [2.75, 3.05) is 6.54 Å². The first-order chi connectivity index (χ1) is 6.16. The van der Waals surface area contributed by atoms with Gasteiger partial charge in [0.05, 0.1) is 6.20 Å². The molecule has 0 bridgehead atoms. The quantitative estimate of drug-likeness (QED) is 0.748. The number of nitrogens with zero attached hydrogens (tertiary/aromatic N) is 1. The maximum Gasteiger partial charge on any atom is 0.339 e. The second-order valence-electron chi connectivity index (χ2n) is 2.23. The van der Waals surface area contributed by atoms with Crippen molar-refractivity contribution in [1.29, 1.82) is 0 Å². The van der Waals surface area contributed by atoms with Crippen molar-refractivity contribution in [3.63, 3.8) is 0 Å². The Bertz CT molecular complexity index is 334. The fourth-order valence-electron chi connectivity index (χ4n) is 0.797. The highest BCUT2D eigenvalue weighted by atomic mass is 32.1. The van der Waals surface area contributed by atoms with E-state index in [0.29, 0.717) is 6.54 Å². The first-order valence-electron chi connectivity index (χ1n) is 3.63. The first kappa shape index (κ1) is 9.66. The highest BCUT2D eigenvalue weighted by Gasteiger charge is 2.18. The summed E-state index contributed by atoms with van der Waals surface area (Å²) in [6, 6.07) is 0. The molecule has 70 valence electrons. The van der Waals surface area contributed by atoms with Gasteiger partial charge < -0.3 is 10.4 Å². The molecule has 1 aromatic heterocycles. The number of aromatic nitrogens is 1. The van der Waals surface area contributed by atoms with Crippen molar-refractivity contribution >= 4 is 23.4 Å². The third kappa shape index (κ3) is 2.03. The standard InChI is InChI=1S/C7H8N2O3S/c1-2-8-6(10)5-4(7(11)12)3-9-13-5/h3H,2H2,1H3,(H,8,10)(H,11,12). The van der Waals surface area contributed by atoms with Crippen LogP contribution in [0.25, 0.3) is 0 Å². The highest BCUT2D eigenvalue weighted by Crippen LogP contribution is 2.12. The Morgan fingerprint density at radius 2 is 2.38 bits per heavy atom. The van der Waals surface area contributed by atoms with Crippen LogP contribution >= 0.6 is 11.5 Å². The van der Waals surface area contributed by atoms with Crippen LogP contribution in [0.1, 0.15) is 27.0 Å². The Morgan fingerprint density at radius 3 is 2.92 bits per heavy atom. The molecule has 1 aromatic rings. The van der Waals surface area contributed by atoms with Crippen molar-refractivity contribution in [1.82, 2.24) is 9.69 Å². The molecule has 0 fully saturated rings. The van der Waals surface area contributed by atoms with Crippen LogP contribution < -0.4 is 5.32 Å². The van der Waals surface area contributed by atoms with Crippen LogP contribution in [-0.4, -0.2) is 27.9 Å². The van der Waals surface area contributed by atoms with Crippen molar-refractivity contribution < 1.29 is 14.7 Å². The second kappa shape index (κ2) is 3.99. The van der Waals surface area contributed by atoms with E-state index >= 15 is 0 Å². The third-order valence-electron chi connectivity index (χ3n) is 1.34. The van der Waals surface area contributed by atoms with Crippen LogP contribution in [0.5, 0.6) is 0 Å². The molecule has 6 heteroatoms. The molecule has 1 amide bonds. The van der Waals surface area contributed by atoms with Gasteiger partial charge >= 0.3 is 5.97 Å². The number of hydrogen-bond donors (Lipinski definition) is 2. The van der Waals surface area contributed by atoms with Crippen LogP contribution in [0, 0.1) is 0 Å². The summed E-state index contributed by atoms with van der Waals surface area (Å²) in [5.41, 5.74) is -0.0454. The maximum absolute atomic E-state index is 11.2. The van der Waals surface area contributed by atoms with Gasteiger partial charge in [0.15, 0.2) is 0 Å². The van der Waals surface area contributed by atoms with Gasteiger partial charge in [0.25, 0.3) is 5.91 Å². The predicted molar refractivity (Wildman–Crippen MR) is 47.1 cm³/mol. The molecule has 5 nitrogen and oxygen atoms in total. The summed E-state index contributed by atoms with van der Waals surface area (Å²) in [6.45, 7) is 2.23. The molecule has 0 aliphatic rings. The van der Waals surface area contributed by atoms with Crippen molar-refractivity contribution in [2.45, 2.75) is 6.92 Å². The number of aromatic carboxylic acids is 1. The summed E-state index contributed by atoms with van der Waals surface area (Å²) in [7, 11) is 0. The van der Waals surface area contributed by atoms with E-state index in [2.05, 4.69) is 9.69 Å². The fourth-order valence-corrected chi connectivity index (χ4v) is 1.45. The molecule has 0 radical (unpaired) electrons. The minimum atomic E-state index is -1.13. The number of nitrogens with one attached hydrogen (secondary N) is 1. The van der Waals surface area contributed by atoms with E-state index in [-0.39, 0.29) is 16.3 Å². The van der Waals surface area contributed by atoms with Crippen LogP contribution in [0.15, 0.2) is 6.20 Å². The first-order valence-corrected chi connectivity index (χ1v) is 4.40. The number of carboxylic acids is 1. The Labute approximate surface area is 78.6 Å². The SMILES string of the molecule is CCNC(=O)c1sncc1C(=O)O. The van der Waals surface area contributed by atoms with Gasteiger partial charge in [-0.05, 0) is 18.5 Å². The smallest absolute Gasteiger partial charge is 0.339 e. The summed E-state index contributed by atoms with van der Waals surface area (Å²) < 4.78 is 3.65. The van der Waals surface area contributed by atoms with Crippen LogP contribution in [0.4, 0.5) is 0 Å². The van der Waals surface area contributed by atoms with E-state index in [4.69, 9.17) is 5.11 Å². The summed E-state index contributed by atoms with van der Waals surface area (Å²) >= 11 is 0.883. The zero-order valence-corrected chi connectivity index (χ0v) is 7.72. The number of carboxylic acid groups (broad SMARTS) is 1. The molecule has 0 aliphatic carbocycles. The molecule has 1 rings (SSSR count). The summed E-state index contributed by atoms with van der Waals surface area (Å²) in [5, 5.41) is 11.2. The summed E-state index contributed by atoms with van der Waals surface area (Å²) in [5.74, 6) is -1.52. The molecule has 0 saturated carbocycles. The highest BCUT2D eigenvalue weighted by molar-refractivity contribution is 7.08. The molecule has 0 atom stereocenters. The van der Waals surface area contributed by atoms with Gasteiger partial charge in [0.2, 0.25) is 0 Å². The van der Waals surface area contributed by atoms with Gasteiger partial charge in [-0.1, -0.05) is 0 Å². The van der Waals surface area contributed by atoms with Crippen molar-refractivity contribution in [3.8, 4) is 0 Å². The molecule has 1 heterocycles. The zero-order valence-electron chi connectivity index (χ0n) is 6.90. The average Bonchev–Trinajstić information content (AvgIpc) is 2.52. The Morgan fingerprint density at radius 1 is 1.69 bits per heavy atom. The van der Waals surface area contributed by atoms with Crippen LogP contribution in [-0.2, 0) is 0 Å². The lowest BCUT2D eigenvalue weighted by Crippen LogP contribution is -2.23. The zero-order chi connectivity index (χ0) is 9.84. The molecule has 13 heavy (non-hydrogen) atoms. The Kier molecular flexibility index (Phi) is 2.97. The molecule has 0 aromatic carbocycles. The van der Waals surface area contributed by atoms with Gasteiger partial charge in [-0.25, -0.2) is 4.79 Å². The predicted octanol–water partition coefficient (Wildman–Crippen LogP) is 0.591. The molecule has 0 unspecified atom stereocenters. The molecule has 0 spiro atoms. The average molecular weight is 200 g/mol. The van der Waals surface area contributed by atoms with Gasteiger partial charge in [-0.3, -0.25) is 4.79 Å². The van der Waals surface area contributed by atoms with E-state index < -0.39 is 5.97 Å². The van der Waals surface area contributed by atoms with Crippen LogP contribution in [0.2, 0.25) is 0 Å². The maximum atomic E-state index is 11.2. The Hall–Kier alpha value is -1.43. The monoisotopic (exact) mass is 200 g/mol. The Balaban J connectivity index is 2.93. The van der Waals surface area contributed by atoms with E-state index in [1.165, 1.54) is 6.20 Å². The van der Waals surface area contributed by atoms with Gasteiger partial charge in [0.1, 0.15) is 10.4 Å². The second-order valence-corrected chi connectivity index (χ2v) is 3.03. The largest absolute Gasteiger partial charge is 0.478 e. The van der Waals surface area contributed by atoms with Gasteiger partial charge in [0, 0.05) is 6.54 Å². The van der Waals surface area contributed by atoms with Crippen LogP contribution in [0.3, 0.4) is 0 Å². The number of rotatable bonds is 3. The minimum Gasteiger partial charge on any atom is -0.478 e.